The third-order valence-corrected chi connectivity index (χ3v) is 4.21. The summed E-state index contributed by atoms with van der Waals surface area (Å²) in [4.78, 5) is 29.5. The van der Waals surface area contributed by atoms with Crippen LogP contribution in [-0.4, -0.2) is 40.7 Å². The van der Waals surface area contributed by atoms with Gasteiger partial charge >= 0.3 is 11.2 Å². The van der Waals surface area contributed by atoms with Crippen LogP contribution < -0.4 is 15.8 Å². The average Bonchev–Trinajstić information content (AvgIpc) is 2.51. The molecule has 0 bridgehead atoms. The summed E-state index contributed by atoms with van der Waals surface area (Å²) in [6.45, 7) is 2.61. The molecule has 1 aliphatic rings. The Morgan fingerprint density at radius 2 is 2.05 bits per heavy atom. The van der Waals surface area contributed by atoms with E-state index in [0.717, 1.165) is 0 Å². The molecule has 8 nitrogen and oxygen atoms in total. The molecule has 0 saturated carbocycles. The summed E-state index contributed by atoms with van der Waals surface area (Å²) in [7, 11) is 1.52. The quantitative estimate of drug-likeness (QED) is 0.483. The lowest BCUT2D eigenvalue weighted by Crippen LogP contribution is -2.44. The molecule has 1 aliphatic heterocycles. The van der Waals surface area contributed by atoms with Crippen LogP contribution in [0.25, 0.3) is 11.0 Å². The van der Waals surface area contributed by atoms with Crippen LogP contribution in [-0.2, 0) is 7.05 Å². The number of nitrogens with zero attached hydrogens (tertiary/aromatic N) is 4. The van der Waals surface area contributed by atoms with E-state index in [0.29, 0.717) is 47.5 Å². The van der Waals surface area contributed by atoms with E-state index in [2.05, 4.69) is 26.2 Å². The molecule has 116 valence electrons. The molecule has 3 heterocycles. The largest absolute Gasteiger partial charge is 0.361 e. The number of piperazine rings is 1. The maximum atomic E-state index is 12.4. The van der Waals surface area contributed by atoms with Gasteiger partial charge in [-0.2, -0.15) is 0 Å². The summed E-state index contributed by atoms with van der Waals surface area (Å²) in [6.07, 6.45) is 0. The first-order valence-electron chi connectivity index (χ1n) is 6.80. The summed E-state index contributed by atoms with van der Waals surface area (Å²) in [5.74, 6) is 0. The minimum atomic E-state index is -0.616. The molecule has 2 aromatic rings. The zero-order valence-electron chi connectivity index (χ0n) is 11.9. The Balaban J connectivity index is 2.41. The van der Waals surface area contributed by atoms with Crippen LogP contribution in [0.5, 0.6) is 0 Å². The van der Waals surface area contributed by atoms with Crippen molar-refractivity contribution >= 4 is 38.3 Å². The number of pyridine rings is 2. The summed E-state index contributed by atoms with van der Waals surface area (Å²) < 4.78 is 1.85. The Kier molecular flexibility index (Phi) is 3.83. The predicted octanol–water partition coefficient (Wildman–Crippen LogP) is 1.01. The van der Waals surface area contributed by atoms with Gasteiger partial charge in [0.1, 0.15) is 10.1 Å². The number of hydrogen-bond donors (Lipinski definition) is 1. The first-order chi connectivity index (χ1) is 10.5. The van der Waals surface area contributed by atoms with Crippen molar-refractivity contribution < 1.29 is 4.92 Å². The Hall–Kier alpha value is -2.00. The Labute approximate surface area is 134 Å². The van der Waals surface area contributed by atoms with Crippen molar-refractivity contribution in [2.45, 2.75) is 0 Å². The fourth-order valence-electron chi connectivity index (χ4n) is 2.71. The number of hydrogen-bond acceptors (Lipinski definition) is 6. The van der Waals surface area contributed by atoms with E-state index >= 15 is 0 Å². The lowest BCUT2D eigenvalue weighted by Gasteiger charge is -2.29. The van der Waals surface area contributed by atoms with Gasteiger partial charge in [-0.05, 0) is 28.1 Å². The van der Waals surface area contributed by atoms with E-state index in [1.54, 1.807) is 12.1 Å². The van der Waals surface area contributed by atoms with Gasteiger partial charge in [-0.15, -0.1) is 0 Å². The van der Waals surface area contributed by atoms with Gasteiger partial charge in [-0.1, -0.05) is 0 Å². The van der Waals surface area contributed by atoms with Crippen LogP contribution in [0.15, 0.2) is 21.5 Å². The minimum absolute atomic E-state index is 0.311. The fourth-order valence-corrected chi connectivity index (χ4v) is 3.02. The number of aromatic nitrogens is 2. The smallest absolute Gasteiger partial charge is 0.359 e. The van der Waals surface area contributed by atoms with Crippen LogP contribution in [0.2, 0.25) is 0 Å². The highest BCUT2D eigenvalue weighted by molar-refractivity contribution is 9.10. The third kappa shape index (κ3) is 2.35. The van der Waals surface area contributed by atoms with Crippen LogP contribution in [0.1, 0.15) is 0 Å². The maximum Gasteiger partial charge on any atom is 0.359 e. The molecular weight excluding hydrogens is 354 g/mol. The molecule has 0 amide bonds. The summed E-state index contributed by atoms with van der Waals surface area (Å²) in [5.41, 5.74) is 0.320. The standard InChI is InChI=1S/C13H14BrN5O3/c1-17-8-2-3-9(14)16-10(8)11(12(13(17)20)19(21)22)18-6-4-15-5-7-18/h2-3,15H,4-7H2,1H3. The molecule has 0 unspecified atom stereocenters. The zero-order chi connectivity index (χ0) is 15.9. The molecule has 0 spiro atoms. The fraction of sp³-hybridized carbons (Fsp3) is 0.385. The highest BCUT2D eigenvalue weighted by atomic mass is 79.9. The molecule has 0 radical (unpaired) electrons. The maximum absolute atomic E-state index is 12.4. The van der Waals surface area contributed by atoms with Gasteiger partial charge in [0, 0.05) is 33.2 Å². The normalized spacial score (nSPS) is 15.3. The molecule has 3 rings (SSSR count). The highest BCUT2D eigenvalue weighted by Crippen LogP contribution is 2.33. The van der Waals surface area contributed by atoms with Crippen LogP contribution in [0.3, 0.4) is 0 Å². The van der Waals surface area contributed by atoms with Crippen molar-refractivity contribution in [3.8, 4) is 0 Å². The van der Waals surface area contributed by atoms with Crippen LogP contribution in [0, 0.1) is 10.1 Å². The van der Waals surface area contributed by atoms with Crippen molar-refractivity contribution in [3.05, 3.63) is 37.2 Å². The van der Waals surface area contributed by atoms with E-state index in [1.807, 2.05) is 4.90 Å². The van der Waals surface area contributed by atoms with Crippen LogP contribution in [0.4, 0.5) is 11.4 Å². The number of fused-ring (bicyclic) bond motifs is 1. The van der Waals surface area contributed by atoms with Crippen molar-refractivity contribution in [2.24, 2.45) is 7.05 Å². The van der Waals surface area contributed by atoms with Crippen molar-refractivity contribution in [2.75, 3.05) is 31.1 Å². The molecular formula is C13H14BrN5O3. The Morgan fingerprint density at radius 1 is 1.36 bits per heavy atom. The van der Waals surface area contributed by atoms with Gasteiger partial charge in [0.2, 0.25) is 0 Å². The molecule has 22 heavy (non-hydrogen) atoms. The van der Waals surface area contributed by atoms with Gasteiger partial charge in [0.05, 0.1) is 10.4 Å². The van der Waals surface area contributed by atoms with Crippen molar-refractivity contribution in [1.82, 2.24) is 14.9 Å². The number of nitrogens with one attached hydrogen (secondary N) is 1. The number of anilines is 1. The van der Waals surface area contributed by atoms with Gasteiger partial charge < -0.3 is 14.8 Å². The lowest BCUT2D eigenvalue weighted by atomic mass is 10.2. The zero-order valence-corrected chi connectivity index (χ0v) is 13.5. The average molecular weight is 368 g/mol. The van der Waals surface area contributed by atoms with Gasteiger partial charge in [-0.3, -0.25) is 14.9 Å². The molecule has 0 aliphatic carbocycles. The van der Waals surface area contributed by atoms with E-state index in [9.17, 15) is 14.9 Å². The predicted molar refractivity (Wildman–Crippen MR) is 86.4 cm³/mol. The van der Waals surface area contributed by atoms with Crippen molar-refractivity contribution in [3.63, 3.8) is 0 Å². The second kappa shape index (κ2) is 5.65. The van der Waals surface area contributed by atoms with Gasteiger partial charge in [0.15, 0.2) is 5.69 Å². The molecule has 1 saturated heterocycles. The first-order valence-corrected chi connectivity index (χ1v) is 7.59. The second-order valence-electron chi connectivity index (χ2n) is 5.06. The van der Waals surface area contributed by atoms with Crippen LogP contribution >= 0.6 is 15.9 Å². The molecule has 1 fully saturated rings. The highest BCUT2D eigenvalue weighted by Gasteiger charge is 2.30. The van der Waals surface area contributed by atoms with E-state index < -0.39 is 16.2 Å². The van der Waals surface area contributed by atoms with E-state index in [1.165, 1.54) is 11.6 Å². The summed E-state index contributed by atoms with van der Waals surface area (Å²) in [6, 6.07) is 3.46. The topological polar surface area (TPSA) is 93.3 Å². The van der Waals surface area contributed by atoms with Gasteiger partial charge in [0.25, 0.3) is 0 Å². The number of halogens is 1. The minimum Gasteiger partial charge on any atom is -0.361 e. The second-order valence-corrected chi connectivity index (χ2v) is 5.87. The monoisotopic (exact) mass is 367 g/mol. The van der Waals surface area contributed by atoms with Gasteiger partial charge in [-0.25, -0.2) is 4.98 Å². The number of rotatable bonds is 2. The molecule has 1 N–H and O–H groups in total. The van der Waals surface area contributed by atoms with E-state index in [-0.39, 0.29) is 0 Å². The third-order valence-electron chi connectivity index (χ3n) is 3.77. The first kappa shape index (κ1) is 14.9. The number of aryl methyl sites for hydroxylation is 1. The molecule has 2 aromatic heterocycles. The SMILES string of the molecule is Cn1c(=O)c([N+](=O)[O-])c(N2CCNCC2)c2nc(Br)ccc21. The van der Waals surface area contributed by atoms with Crippen molar-refractivity contribution in [1.29, 1.82) is 0 Å². The summed E-state index contributed by atoms with van der Waals surface area (Å²) >= 11 is 3.30. The Bertz CT molecular complexity index is 813. The lowest BCUT2D eigenvalue weighted by molar-refractivity contribution is -0.385. The van der Waals surface area contributed by atoms with E-state index in [4.69, 9.17) is 0 Å². The number of nitro groups is 1. The molecule has 0 aromatic carbocycles. The molecule has 0 atom stereocenters. The Morgan fingerprint density at radius 3 is 2.68 bits per heavy atom. The molecule has 9 heteroatoms. The summed E-state index contributed by atoms with van der Waals surface area (Å²) in [5, 5.41) is 14.7.